The number of halogens is 1. The van der Waals surface area contributed by atoms with Crippen molar-refractivity contribution in [1.29, 1.82) is 0 Å². The minimum absolute atomic E-state index is 0.117. The van der Waals surface area contributed by atoms with Crippen LogP contribution < -0.4 is 11.1 Å². The molecule has 5 rings (SSSR count). The first-order chi connectivity index (χ1) is 14.1. The molecule has 3 heterocycles. The molecule has 0 saturated carbocycles. The molecule has 144 valence electrons. The fourth-order valence-electron chi connectivity index (χ4n) is 3.60. The quantitative estimate of drug-likeness (QED) is 0.459. The van der Waals surface area contributed by atoms with Crippen LogP contribution >= 0.6 is 11.6 Å². The van der Waals surface area contributed by atoms with Gasteiger partial charge in [-0.1, -0.05) is 23.7 Å². The van der Waals surface area contributed by atoms with Gasteiger partial charge in [-0.05, 0) is 37.3 Å². The van der Waals surface area contributed by atoms with Gasteiger partial charge in [-0.2, -0.15) is 0 Å². The summed E-state index contributed by atoms with van der Waals surface area (Å²) in [5.41, 5.74) is 0.935. The Balaban J connectivity index is 1.76. The zero-order chi connectivity index (χ0) is 20.1. The standard InChI is InChI=1S/C20H15ClN6O2/c1-2-26-19(29)13-5-3-4-6-16(13)27-17(23-24-20(26)27)10-25-11-22-15-8-7-12(21)9-14(15)18(25)28/h3-9,11H,2,10H2,1H3. The zero-order valence-corrected chi connectivity index (χ0v) is 16.2. The van der Waals surface area contributed by atoms with Crippen LogP contribution in [-0.4, -0.2) is 28.7 Å². The Morgan fingerprint density at radius 1 is 1.00 bits per heavy atom. The number of hydrogen-bond donors (Lipinski definition) is 0. The summed E-state index contributed by atoms with van der Waals surface area (Å²) in [4.78, 5) is 30.1. The average molecular weight is 407 g/mol. The van der Waals surface area contributed by atoms with E-state index in [2.05, 4.69) is 15.2 Å². The first-order valence-electron chi connectivity index (χ1n) is 9.08. The number of rotatable bonds is 3. The SMILES string of the molecule is CCn1c(=O)c2ccccc2n2c(Cn3cnc4ccc(Cl)cc4c3=O)nnc12. The normalized spacial score (nSPS) is 11.7. The predicted molar refractivity (Wildman–Crippen MR) is 111 cm³/mol. The van der Waals surface area contributed by atoms with Gasteiger partial charge in [-0.3, -0.25) is 23.1 Å². The minimum Gasteiger partial charge on any atom is -0.291 e. The molecule has 0 fully saturated rings. The Morgan fingerprint density at radius 3 is 2.66 bits per heavy atom. The van der Waals surface area contributed by atoms with Crippen LogP contribution in [0.1, 0.15) is 12.7 Å². The van der Waals surface area contributed by atoms with E-state index in [9.17, 15) is 9.59 Å². The average Bonchev–Trinajstić information content (AvgIpc) is 3.14. The van der Waals surface area contributed by atoms with Crippen LogP contribution in [0.25, 0.3) is 27.6 Å². The Kier molecular flexibility index (Phi) is 3.95. The topological polar surface area (TPSA) is 87.1 Å². The molecule has 0 radical (unpaired) electrons. The molecule has 0 N–H and O–H groups in total. The molecule has 9 heteroatoms. The largest absolute Gasteiger partial charge is 0.291 e. The summed E-state index contributed by atoms with van der Waals surface area (Å²) < 4.78 is 4.85. The lowest BCUT2D eigenvalue weighted by molar-refractivity contribution is 0.697. The van der Waals surface area contributed by atoms with Gasteiger partial charge in [0.2, 0.25) is 5.78 Å². The van der Waals surface area contributed by atoms with Crippen LogP contribution in [0.4, 0.5) is 0 Å². The van der Waals surface area contributed by atoms with E-state index < -0.39 is 0 Å². The predicted octanol–water partition coefficient (Wildman–Crippen LogP) is 2.48. The van der Waals surface area contributed by atoms with Crippen LogP contribution in [0.15, 0.2) is 58.4 Å². The maximum Gasteiger partial charge on any atom is 0.262 e. The highest BCUT2D eigenvalue weighted by Gasteiger charge is 2.16. The van der Waals surface area contributed by atoms with Crippen molar-refractivity contribution in [2.24, 2.45) is 0 Å². The molecule has 0 amide bonds. The van der Waals surface area contributed by atoms with Gasteiger partial charge in [0.1, 0.15) is 0 Å². The molecular formula is C20H15ClN6O2. The lowest BCUT2D eigenvalue weighted by Gasteiger charge is -2.10. The van der Waals surface area contributed by atoms with E-state index in [-0.39, 0.29) is 17.7 Å². The fraction of sp³-hybridized carbons (Fsp3) is 0.150. The molecule has 0 aliphatic rings. The van der Waals surface area contributed by atoms with Crippen LogP contribution in [0, 0.1) is 0 Å². The van der Waals surface area contributed by atoms with E-state index in [1.54, 1.807) is 28.8 Å². The summed E-state index contributed by atoms with van der Waals surface area (Å²) in [7, 11) is 0. The summed E-state index contributed by atoms with van der Waals surface area (Å²) in [6.45, 7) is 2.49. The first-order valence-corrected chi connectivity index (χ1v) is 9.46. The summed E-state index contributed by atoms with van der Waals surface area (Å²) in [6, 6.07) is 12.3. The summed E-state index contributed by atoms with van der Waals surface area (Å²) in [5.74, 6) is 0.972. The molecule has 2 aromatic carbocycles. The maximum absolute atomic E-state index is 12.9. The van der Waals surface area contributed by atoms with E-state index >= 15 is 0 Å². The van der Waals surface area contributed by atoms with Crippen molar-refractivity contribution < 1.29 is 0 Å². The third-order valence-corrected chi connectivity index (χ3v) is 5.22. The number of fused-ring (bicyclic) bond motifs is 4. The van der Waals surface area contributed by atoms with E-state index in [1.807, 2.05) is 29.5 Å². The Hall–Kier alpha value is -3.52. The second-order valence-corrected chi connectivity index (χ2v) is 7.09. The molecule has 3 aromatic heterocycles. The van der Waals surface area contributed by atoms with Crippen molar-refractivity contribution in [3.63, 3.8) is 0 Å². The first kappa shape index (κ1) is 17.6. The smallest absolute Gasteiger partial charge is 0.262 e. The zero-order valence-electron chi connectivity index (χ0n) is 15.4. The Bertz CT molecular complexity index is 1530. The van der Waals surface area contributed by atoms with E-state index in [1.165, 1.54) is 10.9 Å². The Morgan fingerprint density at radius 2 is 1.83 bits per heavy atom. The van der Waals surface area contributed by atoms with Crippen molar-refractivity contribution in [1.82, 2.24) is 28.7 Å². The molecule has 8 nitrogen and oxygen atoms in total. The van der Waals surface area contributed by atoms with Gasteiger partial charge >= 0.3 is 0 Å². The van der Waals surface area contributed by atoms with Crippen LogP contribution in [0.5, 0.6) is 0 Å². The van der Waals surface area contributed by atoms with E-state index in [4.69, 9.17) is 11.6 Å². The lowest BCUT2D eigenvalue weighted by atomic mass is 10.2. The number of aryl methyl sites for hydroxylation is 1. The molecule has 0 unspecified atom stereocenters. The molecule has 0 bridgehead atoms. The van der Waals surface area contributed by atoms with E-state index in [0.717, 1.165) is 0 Å². The van der Waals surface area contributed by atoms with Gasteiger partial charge in [0.05, 0.1) is 34.7 Å². The molecule has 0 saturated heterocycles. The van der Waals surface area contributed by atoms with Crippen LogP contribution in [0.3, 0.4) is 0 Å². The molecule has 0 aliphatic carbocycles. The highest BCUT2D eigenvalue weighted by atomic mass is 35.5. The number of benzene rings is 2. The van der Waals surface area contributed by atoms with Crippen molar-refractivity contribution in [3.8, 4) is 0 Å². The summed E-state index contributed by atoms with van der Waals surface area (Å²) >= 11 is 6.04. The minimum atomic E-state index is -0.220. The maximum atomic E-state index is 12.9. The molecule has 0 aliphatic heterocycles. The Labute approximate surface area is 168 Å². The van der Waals surface area contributed by atoms with Crippen molar-refractivity contribution in [2.75, 3.05) is 0 Å². The van der Waals surface area contributed by atoms with Gasteiger partial charge in [0.15, 0.2) is 5.82 Å². The number of para-hydroxylation sites is 1. The molecule has 0 atom stereocenters. The van der Waals surface area contributed by atoms with Crippen molar-refractivity contribution in [2.45, 2.75) is 20.0 Å². The van der Waals surface area contributed by atoms with Gasteiger partial charge in [-0.15, -0.1) is 10.2 Å². The van der Waals surface area contributed by atoms with Gasteiger partial charge in [0.25, 0.3) is 11.1 Å². The van der Waals surface area contributed by atoms with Gasteiger partial charge in [0, 0.05) is 11.6 Å². The highest BCUT2D eigenvalue weighted by Crippen LogP contribution is 2.16. The third-order valence-electron chi connectivity index (χ3n) is 4.99. The number of hydrogen-bond acceptors (Lipinski definition) is 5. The lowest BCUT2D eigenvalue weighted by Crippen LogP contribution is -2.24. The highest BCUT2D eigenvalue weighted by molar-refractivity contribution is 6.31. The summed E-state index contributed by atoms with van der Waals surface area (Å²) in [6.07, 6.45) is 1.48. The monoisotopic (exact) mass is 406 g/mol. The van der Waals surface area contributed by atoms with Crippen molar-refractivity contribution in [3.05, 3.63) is 80.3 Å². The third kappa shape index (κ3) is 2.64. The molecule has 5 aromatic rings. The van der Waals surface area contributed by atoms with Crippen LogP contribution in [-0.2, 0) is 13.1 Å². The van der Waals surface area contributed by atoms with Crippen LogP contribution in [0.2, 0.25) is 5.02 Å². The number of aromatic nitrogens is 6. The number of nitrogens with zero attached hydrogens (tertiary/aromatic N) is 6. The van der Waals surface area contributed by atoms with Gasteiger partial charge < -0.3 is 0 Å². The fourth-order valence-corrected chi connectivity index (χ4v) is 3.77. The van der Waals surface area contributed by atoms with E-state index in [0.29, 0.717) is 45.0 Å². The second kappa shape index (κ2) is 6.52. The molecule has 29 heavy (non-hydrogen) atoms. The molecular weight excluding hydrogens is 392 g/mol. The molecule has 0 spiro atoms. The van der Waals surface area contributed by atoms with Gasteiger partial charge in [-0.25, -0.2) is 4.98 Å². The van der Waals surface area contributed by atoms with Crippen molar-refractivity contribution >= 4 is 39.2 Å². The summed E-state index contributed by atoms with van der Waals surface area (Å²) in [5, 5.41) is 9.97. The second-order valence-electron chi connectivity index (χ2n) is 6.66.